The highest BCUT2D eigenvalue weighted by atomic mass is 19.3. The number of rotatable bonds is 7. The van der Waals surface area contributed by atoms with E-state index in [1.54, 1.807) is 25.1 Å². The number of benzene rings is 2. The maximum Gasteiger partial charge on any atom is 0.387 e. The van der Waals surface area contributed by atoms with Crippen LogP contribution in [-0.4, -0.2) is 27.2 Å². The molecule has 0 aliphatic rings. The zero-order valence-electron chi connectivity index (χ0n) is 15.7. The molecule has 0 bridgehead atoms. The van der Waals surface area contributed by atoms with Crippen molar-refractivity contribution in [3.63, 3.8) is 0 Å². The number of alkyl halides is 2. The third kappa shape index (κ3) is 5.04. The molecule has 1 amide bonds. The van der Waals surface area contributed by atoms with Gasteiger partial charge >= 0.3 is 6.61 Å². The van der Waals surface area contributed by atoms with Crippen LogP contribution in [0, 0.1) is 17.0 Å². The van der Waals surface area contributed by atoms with E-state index >= 15 is 0 Å². The van der Waals surface area contributed by atoms with Crippen molar-refractivity contribution in [1.82, 2.24) is 9.78 Å². The van der Waals surface area contributed by atoms with Gasteiger partial charge in [-0.1, -0.05) is 18.2 Å². The van der Waals surface area contributed by atoms with Crippen molar-refractivity contribution in [3.05, 3.63) is 82.0 Å². The monoisotopic (exact) mass is 414 g/mol. The normalized spacial score (nSPS) is 11.1. The van der Waals surface area contributed by atoms with Crippen molar-refractivity contribution in [1.29, 1.82) is 0 Å². The zero-order valence-corrected chi connectivity index (χ0v) is 15.7. The molecular formula is C20H16F2N4O4. The molecule has 2 aromatic carbocycles. The number of nitrogens with one attached hydrogen (secondary N) is 1. The van der Waals surface area contributed by atoms with E-state index in [2.05, 4.69) is 15.2 Å². The Morgan fingerprint density at radius 3 is 2.60 bits per heavy atom. The van der Waals surface area contributed by atoms with Crippen LogP contribution in [0.3, 0.4) is 0 Å². The highest BCUT2D eigenvalue weighted by molar-refractivity contribution is 6.01. The fourth-order valence-corrected chi connectivity index (χ4v) is 2.66. The molecule has 0 aliphatic heterocycles. The molecular weight excluding hydrogens is 398 g/mol. The zero-order chi connectivity index (χ0) is 21.7. The molecule has 8 nitrogen and oxygen atoms in total. The maximum atomic E-state index is 12.5. The summed E-state index contributed by atoms with van der Waals surface area (Å²) in [6.45, 7) is -1.25. The molecule has 154 valence electrons. The number of carbonyl (C=O) groups is 1. The highest BCUT2D eigenvalue weighted by Crippen LogP contribution is 2.22. The summed E-state index contributed by atoms with van der Waals surface area (Å²) in [7, 11) is 0. The van der Waals surface area contributed by atoms with Crippen molar-refractivity contribution in [2.24, 2.45) is 0 Å². The van der Waals surface area contributed by atoms with Crippen molar-refractivity contribution in [2.75, 3.05) is 5.32 Å². The lowest BCUT2D eigenvalue weighted by molar-refractivity contribution is -0.384. The largest absolute Gasteiger partial charge is 0.434 e. The molecule has 3 aromatic rings. The summed E-state index contributed by atoms with van der Waals surface area (Å²) < 4.78 is 30.8. The Balaban J connectivity index is 1.78. The van der Waals surface area contributed by atoms with Gasteiger partial charge in [0.05, 0.1) is 16.3 Å². The summed E-state index contributed by atoms with van der Waals surface area (Å²) in [6, 6.07) is 13.4. The van der Waals surface area contributed by atoms with Crippen LogP contribution < -0.4 is 10.1 Å². The Hall–Kier alpha value is -4.08. The second kappa shape index (κ2) is 8.95. The first-order chi connectivity index (χ1) is 14.3. The first-order valence-corrected chi connectivity index (χ1v) is 8.68. The van der Waals surface area contributed by atoms with E-state index in [9.17, 15) is 23.7 Å². The Kier molecular flexibility index (Phi) is 6.16. The average molecular weight is 414 g/mol. The molecule has 0 atom stereocenters. The fraction of sp³-hybridized carbons (Fsp3) is 0.100. The SMILES string of the molecule is Cc1cc(NC(=O)/C=C/c2ccccc2OC(F)F)n(-c2ccc([N+](=O)[O-])cc2)n1. The van der Waals surface area contributed by atoms with Gasteiger partial charge in [-0.05, 0) is 31.2 Å². The minimum atomic E-state index is -2.98. The number of nitro benzene ring substituents is 1. The topological polar surface area (TPSA) is 99.3 Å². The van der Waals surface area contributed by atoms with E-state index in [-0.39, 0.29) is 11.4 Å². The van der Waals surface area contributed by atoms with Gasteiger partial charge in [0.15, 0.2) is 0 Å². The molecule has 1 N–H and O–H groups in total. The van der Waals surface area contributed by atoms with Gasteiger partial charge in [-0.25, -0.2) is 4.68 Å². The molecule has 0 fully saturated rings. The summed E-state index contributed by atoms with van der Waals surface area (Å²) >= 11 is 0. The van der Waals surface area contributed by atoms with E-state index in [1.165, 1.54) is 53.2 Å². The lowest BCUT2D eigenvalue weighted by Crippen LogP contribution is -2.12. The number of hydrogen-bond acceptors (Lipinski definition) is 5. The summed E-state index contributed by atoms with van der Waals surface area (Å²) in [4.78, 5) is 22.6. The molecule has 0 saturated heterocycles. The number of para-hydroxylation sites is 1. The van der Waals surface area contributed by atoms with Crippen molar-refractivity contribution >= 4 is 23.5 Å². The van der Waals surface area contributed by atoms with Crippen molar-refractivity contribution in [2.45, 2.75) is 13.5 Å². The molecule has 0 unspecified atom stereocenters. The average Bonchev–Trinajstić information content (AvgIpc) is 3.07. The second-order valence-electron chi connectivity index (χ2n) is 6.10. The predicted molar refractivity (Wildman–Crippen MR) is 106 cm³/mol. The fourth-order valence-electron chi connectivity index (χ4n) is 2.66. The number of non-ortho nitro benzene ring substituents is 1. The van der Waals surface area contributed by atoms with Crippen LogP contribution in [0.2, 0.25) is 0 Å². The van der Waals surface area contributed by atoms with Crippen molar-refractivity contribution < 1.29 is 23.2 Å². The third-order valence-corrected chi connectivity index (χ3v) is 3.94. The molecule has 0 aliphatic carbocycles. The first-order valence-electron chi connectivity index (χ1n) is 8.68. The van der Waals surface area contributed by atoms with Gasteiger partial charge in [0.25, 0.3) is 5.69 Å². The number of amides is 1. The van der Waals surface area contributed by atoms with Gasteiger partial charge in [0.1, 0.15) is 11.6 Å². The number of carbonyl (C=O) groups excluding carboxylic acids is 1. The molecule has 3 rings (SSSR count). The van der Waals surface area contributed by atoms with E-state index in [0.29, 0.717) is 22.8 Å². The van der Waals surface area contributed by atoms with E-state index in [1.807, 2.05) is 0 Å². The molecule has 1 aromatic heterocycles. The van der Waals surface area contributed by atoms with Crippen LogP contribution in [-0.2, 0) is 4.79 Å². The van der Waals surface area contributed by atoms with Gasteiger partial charge in [0, 0.05) is 29.8 Å². The Labute approximate surface area is 169 Å². The van der Waals surface area contributed by atoms with E-state index in [0.717, 1.165) is 0 Å². The molecule has 10 heteroatoms. The van der Waals surface area contributed by atoms with Crippen LogP contribution in [0.1, 0.15) is 11.3 Å². The number of ether oxygens (including phenoxy) is 1. The lowest BCUT2D eigenvalue weighted by Gasteiger charge is -2.08. The maximum absolute atomic E-state index is 12.5. The quantitative estimate of drug-likeness (QED) is 0.352. The van der Waals surface area contributed by atoms with Crippen LogP contribution in [0.15, 0.2) is 60.7 Å². The summed E-state index contributed by atoms with van der Waals surface area (Å²) in [5.41, 5.74) is 1.38. The van der Waals surface area contributed by atoms with E-state index in [4.69, 9.17) is 0 Å². The number of aromatic nitrogens is 2. The van der Waals surface area contributed by atoms with Gasteiger partial charge < -0.3 is 10.1 Å². The molecule has 30 heavy (non-hydrogen) atoms. The summed E-state index contributed by atoms with van der Waals surface area (Å²) in [5.74, 6) is -0.235. The molecule has 0 radical (unpaired) electrons. The number of halogens is 2. The summed E-state index contributed by atoms with van der Waals surface area (Å²) in [6.07, 6.45) is 2.53. The third-order valence-electron chi connectivity index (χ3n) is 3.94. The minimum absolute atomic E-state index is 0.0525. The standard InChI is InChI=1S/C20H16F2N4O4/c1-13-12-18(25(24-13)15-7-9-16(10-8-15)26(28)29)23-19(27)11-6-14-4-2-3-5-17(14)30-20(21)22/h2-12,20H,1H3,(H,23,27)/b11-6+. The van der Waals surface area contributed by atoms with Crippen molar-refractivity contribution in [3.8, 4) is 11.4 Å². The Bertz CT molecular complexity index is 1090. The number of nitro groups is 1. The minimum Gasteiger partial charge on any atom is -0.434 e. The number of anilines is 1. The smallest absolute Gasteiger partial charge is 0.387 e. The molecule has 0 saturated carbocycles. The molecule has 0 spiro atoms. The van der Waals surface area contributed by atoms with Gasteiger partial charge in [-0.3, -0.25) is 14.9 Å². The summed E-state index contributed by atoms with van der Waals surface area (Å²) in [5, 5.41) is 17.7. The predicted octanol–water partition coefficient (Wildman–Crippen LogP) is 4.34. The number of nitrogens with zero attached hydrogens (tertiary/aromatic N) is 3. The van der Waals surface area contributed by atoms with Gasteiger partial charge in [-0.2, -0.15) is 13.9 Å². The van der Waals surface area contributed by atoms with Crippen LogP contribution >= 0.6 is 0 Å². The van der Waals surface area contributed by atoms with Crippen LogP contribution in [0.25, 0.3) is 11.8 Å². The van der Waals surface area contributed by atoms with Gasteiger partial charge in [0.2, 0.25) is 5.91 Å². The van der Waals surface area contributed by atoms with Crippen LogP contribution in [0.5, 0.6) is 5.75 Å². The number of hydrogen-bond donors (Lipinski definition) is 1. The highest BCUT2D eigenvalue weighted by Gasteiger charge is 2.12. The first kappa shape index (κ1) is 20.6. The van der Waals surface area contributed by atoms with E-state index < -0.39 is 17.4 Å². The Morgan fingerprint density at radius 2 is 1.93 bits per heavy atom. The van der Waals surface area contributed by atoms with Crippen LogP contribution in [0.4, 0.5) is 20.3 Å². The number of aryl methyl sites for hydroxylation is 1. The second-order valence-corrected chi connectivity index (χ2v) is 6.10. The molecule has 1 heterocycles. The van der Waals surface area contributed by atoms with Gasteiger partial charge in [-0.15, -0.1) is 0 Å². The Morgan fingerprint density at radius 1 is 1.23 bits per heavy atom. The lowest BCUT2D eigenvalue weighted by atomic mass is 10.2.